The highest BCUT2D eigenvalue weighted by molar-refractivity contribution is 6.30. The highest BCUT2D eigenvalue weighted by atomic mass is 35.5. The number of rotatable bonds is 2. The largest absolute Gasteiger partial charge is 0.459 e. The molecule has 1 saturated heterocycles. The third-order valence-corrected chi connectivity index (χ3v) is 4.03. The summed E-state index contributed by atoms with van der Waals surface area (Å²) in [4.78, 5) is 14.6. The average molecular weight is 305 g/mol. The van der Waals surface area contributed by atoms with E-state index in [1.54, 1.807) is 6.26 Å². The molecule has 0 aliphatic carbocycles. The van der Waals surface area contributed by atoms with Crippen LogP contribution in [0.15, 0.2) is 41.0 Å². The molecule has 4 nitrogen and oxygen atoms in total. The quantitative estimate of drug-likeness (QED) is 0.927. The first-order chi connectivity index (χ1) is 10.2. The van der Waals surface area contributed by atoms with Crippen LogP contribution in [-0.4, -0.2) is 30.4 Å². The van der Waals surface area contributed by atoms with Gasteiger partial charge in [0, 0.05) is 30.2 Å². The Morgan fingerprint density at radius 2 is 2.29 bits per heavy atom. The zero-order valence-corrected chi connectivity index (χ0v) is 12.6. The second-order valence-electron chi connectivity index (χ2n) is 5.21. The minimum atomic E-state index is -0.0658. The predicted octanol–water partition coefficient (Wildman–Crippen LogP) is 3.03. The van der Waals surface area contributed by atoms with E-state index in [1.165, 1.54) is 0 Å². The molecule has 0 radical (unpaired) electrons. The molecule has 1 unspecified atom stereocenters. The molecule has 0 saturated carbocycles. The molecular formula is C16H17ClN2O2. The van der Waals surface area contributed by atoms with Gasteiger partial charge in [0.25, 0.3) is 5.91 Å². The maximum Gasteiger partial charge on any atom is 0.290 e. The van der Waals surface area contributed by atoms with Crippen LogP contribution in [-0.2, 0) is 0 Å². The Morgan fingerprint density at radius 3 is 3.00 bits per heavy atom. The van der Waals surface area contributed by atoms with Crippen molar-refractivity contribution < 1.29 is 9.21 Å². The van der Waals surface area contributed by atoms with Gasteiger partial charge in [0.05, 0.1) is 12.3 Å². The van der Waals surface area contributed by atoms with Gasteiger partial charge in [-0.2, -0.15) is 0 Å². The molecule has 1 fully saturated rings. The van der Waals surface area contributed by atoms with Gasteiger partial charge in [-0.3, -0.25) is 4.79 Å². The van der Waals surface area contributed by atoms with E-state index in [1.807, 2.05) is 42.2 Å². The minimum Gasteiger partial charge on any atom is -0.459 e. The van der Waals surface area contributed by atoms with Crippen LogP contribution in [0.2, 0.25) is 5.02 Å². The topological polar surface area (TPSA) is 45.5 Å². The van der Waals surface area contributed by atoms with Crippen molar-refractivity contribution in [1.29, 1.82) is 0 Å². The Morgan fingerprint density at radius 1 is 1.43 bits per heavy atom. The highest BCUT2D eigenvalue weighted by Gasteiger charge is 2.30. The number of carbonyl (C=O) groups excluding carboxylic acids is 1. The van der Waals surface area contributed by atoms with Gasteiger partial charge in [-0.1, -0.05) is 23.7 Å². The zero-order valence-electron chi connectivity index (χ0n) is 11.8. The van der Waals surface area contributed by atoms with Crippen LogP contribution < -0.4 is 5.32 Å². The molecule has 2 heterocycles. The molecule has 1 aliphatic rings. The van der Waals surface area contributed by atoms with E-state index in [2.05, 4.69) is 5.32 Å². The summed E-state index contributed by atoms with van der Waals surface area (Å²) in [6, 6.07) is 9.43. The maximum atomic E-state index is 12.7. The third kappa shape index (κ3) is 2.82. The molecule has 3 rings (SSSR count). The number of carbonyl (C=O) groups is 1. The van der Waals surface area contributed by atoms with Crippen molar-refractivity contribution in [1.82, 2.24) is 10.2 Å². The molecule has 1 amide bonds. The van der Waals surface area contributed by atoms with Gasteiger partial charge in [0.1, 0.15) is 0 Å². The Labute approximate surface area is 128 Å². The normalized spacial score (nSPS) is 18.8. The molecule has 0 spiro atoms. The molecule has 1 aromatic heterocycles. The van der Waals surface area contributed by atoms with Crippen molar-refractivity contribution in [3.63, 3.8) is 0 Å². The number of aryl methyl sites for hydroxylation is 1. The van der Waals surface area contributed by atoms with Crippen molar-refractivity contribution in [3.8, 4) is 0 Å². The Balaban J connectivity index is 1.92. The average Bonchev–Trinajstić information content (AvgIpc) is 2.93. The predicted molar refractivity (Wildman–Crippen MR) is 81.5 cm³/mol. The summed E-state index contributed by atoms with van der Waals surface area (Å²) in [5.74, 6) is 0.355. The van der Waals surface area contributed by atoms with Crippen LogP contribution in [0.3, 0.4) is 0 Å². The fraction of sp³-hybridized carbons (Fsp3) is 0.312. The van der Waals surface area contributed by atoms with E-state index < -0.39 is 0 Å². The lowest BCUT2D eigenvalue weighted by atomic mass is 10.0. The van der Waals surface area contributed by atoms with Crippen molar-refractivity contribution in [2.45, 2.75) is 13.0 Å². The molecule has 5 heteroatoms. The van der Waals surface area contributed by atoms with Crippen LogP contribution in [0, 0.1) is 6.92 Å². The smallest absolute Gasteiger partial charge is 0.290 e. The number of amides is 1. The zero-order chi connectivity index (χ0) is 14.8. The molecule has 1 N–H and O–H groups in total. The standard InChI is InChI=1S/C16H17ClN2O2/c1-11-5-8-21-15(11)16(20)19-7-6-18-10-14(19)12-3-2-4-13(17)9-12/h2-5,8-9,14,18H,6-7,10H2,1H3. The molecular weight excluding hydrogens is 288 g/mol. The summed E-state index contributed by atoms with van der Waals surface area (Å²) >= 11 is 6.07. The lowest BCUT2D eigenvalue weighted by molar-refractivity contribution is 0.0600. The molecule has 110 valence electrons. The van der Waals surface area contributed by atoms with Gasteiger partial charge in [0.2, 0.25) is 0 Å². The van der Waals surface area contributed by atoms with Crippen molar-refractivity contribution >= 4 is 17.5 Å². The number of piperazine rings is 1. The van der Waals surface area contributed by atoms with E-state index in [0.29, 0.717) is 23.9 Å². The molecule has 1 aromatic carbocycles. The number of hydrogen-bond acceptors (Lipinski definition) is 3. The summed E-state index contributed by atoms with van der Waals surface area (Å²) in [5.41, 5.74) is 1.90. The number of nitrogens with zero attached hydrogens (tertiary/aromatic N) is 1. The first-order valence-electron chi connectivity index (χ1n) is 6.98. The fourth-order valence-corrected chi connectivity index (χ4v) is 2.88. The Bertz CT molecular complexity index is 653. The number of furan rings is 1. The van der Waals surface area contributed by atoms with Crippen LogP contribution in [0.5, 0.6) is 0 Å². The lowest BCUT2D eigenvalue weighted by Gasteiger charge is -2.36. The second kappa shape index (κ2) is 5.92. The number of hydrogen-bond donors (Lipinski definition) is 1. The van der Waals surface area contributed by atoms with E-state index >= 15 is 0 Å². The van der Waals surface area contributed by atoms with E-state index in [4.69, 9.17) is 16.0 Å². The summed E-state index contributed by atoms with van der Waals surface area (Å²) in [6.45, 7) is 4.03. The lowest BCUT2D eigenvalue weighted by Crippen LogP contribution is -2.48. The number of benzene rings is 1. The van der Waals surface area contributed by atoms with Gasteiger partial charge in [-0.25, -0.2) is 0 Å². The first-order valence-corrected chi connectivity index (χ1v) is 7.36. The van der Waals surface area contributed by atoms with Gasteiger partial charge in [-0.05, 0) is 30.7 Å². The monoisotopic (exact) mass is 304 g/mol. The maximum absolute atomic E-state index is 12.7. The molecule has 21 heavy (non-hydrogen) atoms. The molecule has 2 aromatic rings. The highest BCUT2D eigenvalue weighted by Crippen LogP contribution is 2.27. The molecule has 1 aliphatic heterocycles. The molecule has 1 atom stereocenters. The number of nitrogens with one attached hydrogen (secondary N) is 1. The van der Waals surface area contributed by atoms with Gasteiger partial charge in [-0.15, -0.1) is 0 Å². The summed E-state index contributed by atoms with van der Waals surface area (Å²) in [6.07, 6.45) is 1.55. The van der Waals surface area contributed by atoms with Crippen molar-refractivity contribution in [3.05, 3.63) is 58.5 Å². The Kier molecular flexibility index (Phi) is 3.99. The summed E-state index contributed by atoms with van der Waals surface area (Å²) < 4.78 is 5.35. The third-order valence-electron chi connectivity index (χ3n) is 3.79. The van der Waals surface area contributed by atoms with Gasteiger partial charge >= 0.3 is 0 Å². The van der Waals surface area contributed by atoms with Crippen LogP contribution in [0.25, 0.3) is 0 Å². The SMILES string of the molecule is Cc1ccoc1C(=O)N1CCNCC1c1cccc(Cl)c1. The molecule has 0 bridgehead atoms. The first kappa shape index (κ1) is 14.2. The van der Waals surface area contributed by atoms with E-state index in [0.717, 1.165) is 17.7 Å². The Hall–Kier alpha value is -1.78. The van der Waals surface area contributed by atoms with Crippen molar-refractivity contribution in [2.75, 3.05) is 19.6 Å². The van der Waals surface area contributed by atoms with E-state index in [9.17, 15) is 4.79 Å². The number of halogens is 1. The fourth-order valence-electron chi connectivity index (χ4n) is 2.68. The van der Waals surface area contributed by atoms with Crippen LogP contribution in [0.4, 0.5) is 0 Å². The van der Waals surface area contributed by atoms with E-state index in [-0.39, 0.29) is 11.9 Å². The summed E-state index contributed by atoms with van der Waals surface area (Å²) in [5, 5.41) is 4.01. The second-order valence-corrected chi connectivity index (χ2v) is 5.64. The van der Waals surface area contributed by atoms with Crippen LogP contribution >= 0.6 is 11.6 Å². The van der Waals surface area contributed by atoms with Crippen molar-refractivity contribution in [2.24, 2.45) is 0 Å². The summed E-state index contributed by atoms with van der Waals surface area (Å²) in [7, 11) is 0. The van der Waals surface area contributed by atoms with Gasteiger partial charge in [0.15, 0.2) is 5.76 Å². The van der Waals surface area contributed by atoms with Crippen LogP contribution in [0.1, 0.15) is 27.7 Å². The van der Waals surface area contributed by atoms with Gasteiger partial charge < -0.3 is 14.6 Å². The minimum absolute atomic E-state index is 0.0329.